The number of aliphatic hydroxyl groups excluding tert-OH is 1. The Kier molecular flexibility index (Phi) is 5.14. The van der Waals surface area contributed by atoms with E-state index >= 15 is 0 Å². The van der Waals surface area contributed by atoms with Crippen molar-refractivity contribution in [1.29, 1.82) is 0 Å². The number of hydrogen-bond donors (Lipinski definition) is 3. The fourth-order valence-corrected chi connectivity index (χ4v) is 7.21. The smallest absolute Gasteiger partial charge is 0.354 e. The van der Waals surface area contributed by atoms with Gasteiger partial charge in [0.05, 0.1) is 36.0 Å². The van der Waals surface area contributed by atoms with Crippen LogP contribution in [0.15, 0.2) is 35.9 Å². The van der Waals surface area contributed by atoms with E-state index in [1.165, 1.54) is 30.4 Å². The molecule has 0 amide bonds. The number of carbonyl (C=O) groups is 5. The van der Waals surface area contributed by atoms with Gasteiger partial charge in [-0.05, 0) is 49.1 Å². The van der Waals surface area contributed by atoms with E-state index in [2.05, 4.69) is 0 Å². The number of carbonyl (C=O) groups excluding carboxylic acids is 5. The van der Waals surface area contributed by atoms with Gasteiger partial charge in [-0.15, -0.1) is 0 Å². The molecule has 1 fully saturated rings. The van der Waals surface area contributed by atoms with E-state index in [0.29, 0.717) is 5.56 Å². The molecule has 4 unspecified atom stereocenters. The Labute approximate surface area is 238 Å². The standard InChI is InChI=1S/C31H24O11/c1-12-7-15-22(16(32)8-12)27(37)24-25(35)14-5-6-30(24,28(15)38)10-13-9-18-23(26(36)21(13)14)17(33)11-31(42-18,29(39)40-2)19-3-4-20(34)41-19/h5-9,14,19,32,36-37H,3-4,10-11H2,1-2H3. The Morgan fingerprint density at radius 1 is 1.05 bits per heavy atom. The van der Waals surface area contributed by atoms with Gasteiger partial charge in [0.15, 0.2) is 23.5 Å². The van der Waals surface area contributed by atoms with Crippen LogP contribution >= 0.6 is 0 Å². The molecule has 4 atom stereocenters. The second kappa shape index (κ2) is 8.31. The first-order valence-electron chi connectivity index (χ1n) is 13.4. The minimum atomic E-state index is -2.00. The van der Waals surface area contributed by atoms with E-state index in [0.717, 1.165) is 7.11 Å². The van der Waals surface area contributed by atoms with Crippen LogP contribution in [0.1, 0.15) is 68.2 Å². The van der Waals surface area contributed by atoms with Crippen molar-refractivity contribution in [3.63, 3.8) is 0 Å². The number of methoxy groups -OCH3 is 1. The molecule has 8 rings (SSSR count). The molecular formula is C31H24O11. The first kappa shape index (κ1) is 26.0. The molecule has 214 valence electrons. The van der Waals surface area contributed by atoms with Gasteiger partial charge in [0.1, 0.15) is 28.6 Å². The number of cyclic esters (lactones) is 1. The summed E-state index contributed by atoms with van der Waals surface area (Å²) in [5, 5.41) is 33.5. The zero-order valence-electron chi connectivity index (χ0n) is 22.5. The van der Waals surface area contributed by atoms with Crippen LogP contribution in [-0.4, -0.2) is 63.4 Å². The van der Waals surface area contributed by atoms with Crippen molar-refractivity contribution in [3.8, 4) is 17.2 Å². The third kappa shape index (κ3) is 3.07. The Bertz CT molecular complexity index is 1780. The predicted octanol–water partition coefficient (Wildman–Crippen LogP) is 2.92. The zero-order valence-corrected chi connectivity index (χ0v) is 22.5. The maximum absolute atomic E-state index is 14.1. The van der Waals surface area contributed by atoms with E-state index in [1.54, 1.807) is 6.92 Å². The summed E-state index contributed by atoms with van der Waals surface area (Å²) in [6.45, 7) is 1.68. The van der Waals surface area contributed by atoms with Crippen molar-refractivity contribution < 1.29 is 53.5 Å². The zero-order chi connectivity index (χ0) is 29.9. The second-order valence-electron chi connectivity index (χ2n) is 11.4. The highest BCUT2D eigenvalue weighted by atomic mass is 16.6. The van der Waals surface area contributed by atoms with Crippen LogP contribution in [0, 0.1) is 12.3 Å². The summed E-state index contributed by atoms with van der Waals surface area (Å²) in [6.07, 6.45) is 1.20. The van der Waals surface area contributed by atoms with Gasteiger partial charge in [-0.3, -0.25) is 19.2 Å². The van der Waals surface area contributed by atoms with Crippen molar-refractivity contribution in [2.45, 2.75) is 50.2 Å². The molecule has 2 bridgehead atoms. The number of hydrogen-bond acceptors (Lipinski definition) is 11. The largest absolute Gasteiger partial charge is 0.507 e. The molecule has 2 aromatic carbocycles. The van der Waals surface area contributed by atoms with Crippen LogP contribution in [0.4, 0.5) is 0 Å². The first-order valence-corrected chi connectivity index (χ1v) is 13.4. The number of Topliss-reactive ketones (excluding diaryl/α,β-unsaturated/α-hetero) is 3. The summed E-state index contributed by atoms with van der Waals surface area (Å²) in [4.78, 5) is 66.6. The summed E-state index contributed by atoms with van der Waals surface area (Å²) in [5.74, 6) is -6.15. The van der Waals surface area contributed by atoms with Gasteiger partial charge >= 0.3 is 11.9 Å². The Hall–Kier alpha value is -4.93. The second-order valence-corrected chi connectivity index (χ2v) is 11.4. The van der Waals surface area contributed by atoms with E-state index in [9.17, 15) is 39.3 Å². The lowest BCUT2D eigenvalue weighted by Gasteiger charge is -2.39. The molecule has 3 N–H and O–H groups in total. The van der Waals surface area contributed by atoms with Crippen molar-refractivity contribution in [3.05, 3.63) is 69.3 Å². The highest BCUT2D eigenvalue weighted by Crippen LogP contribution is 2.58. The fraction of sp³-hybridized carbons (Fsp3) is 0.323. The number of aryl methyl sites for hydroxylation is 1. The number of rotatable bonds is 2. The molecule has 0 aromatic heterocycles. The van der Waals surface area contributed by atoms with Gasteiger partial charge in [-0.1, -0.05) is 12.2 Å². The number of allylic oxidation sites excluding steroid dienone is 3. The number of benzene rings is 2. The van der Waals surface area contributed by atoms with E-state index in [4.69, 9.17) is 14.2 Å². The molecule has 2 aliphatic heterocycles. The Balaban J connectivity index is 1.43. The highest BCUT2D eigenvalue weighted by Gasteiger charge is 2.60. The molecule has 11 heteroatoms. The summed E-state index contributed by atoms with van der Waals surface area (Å²) in [6, 6.07) is 4.30. The van der Waals surface area contributed by atoms with Gasteiger partial charge in [0.2, 0.25) is 5.60 Å². The van der Waals surface area contributed by atoms with Crippen LogP contribution < -0.4 is 4.74 Å². The van der Waals surface area contributed by atoms with Gasteiger partial charge in [-0.2, -0.15) is 0 Å². The summed E-state index contributed by atoms with van der Waals surface area (Å²) >= 11 is 0. The molecule has 4 aliphatic carbocycles. The van der Waals surface area contributed by atoms with E-state index in [-0.39, 0.29) is 64.2 Å². The summed E-state index contributed by atoms with van der Waals surface area (Å²) in [5.41, 5.74) is -3.32. The number of fused-ring (bicyclic) bond motifs is 2. The number of phenolic OH excluding ortho intramolecular Hbond substituents is 2. The SMILES string of the molecule is COC(=O)C1(C2CCC(=O)O2)CC(=O)c2c(cc3c(c2O)C2C=CC4(C3)C(=O)c3cc(C)cc(O)c3C(O)=C4C2=O)O1. The number of ketones is 3. The molecule has 11 nitrogen and oxygen atoms in total. The normalized spacial score (nSPS) is 28.8. The first-order chi connectivity index (χ1) is 19.9. The summed E-state index contributed by atoms with van der Waals surface area (Å²) < 4.78 is 16.4. The van der Waals surface area contributed by atoms with Crippen LogP contribution in [0.5, 0.6) is 17.2 Å². The van der Waals surface area contributed by atoms with Crippen molar-refractivity contribution >= 4 is 35.0 Å². The number of aliphatic hydroxyl groups is 1. The molecular weight excluding hydrogens is 548 g/mol. The minimum absolute atomic E-state index is 0.0124. The average molecular weight is 573 g/mol. The van der Waals surface area contributed by atoms with Gasteiger partial charge in [0.25, 0.3) is 0 Å². The molecule has 42 heavy (non-hydrogen) atoms. The molecule has 2 heterocycles. The molecule has 0 radical (unpaired) electrons. The lowest BCUT2D eigenvalue weighted by molar-refractivity contribution is -0.175. The monoisotopic (exact) mass is 572 g/mol. The molecule has 6 aliphatic rings. The minimum Gasteiger partial charge on any atom is -0.507 e. The van der Waals surface area contributed by atoms with Crippen LogP contribution in [0.3, 0.4) is 0 Å². The molecule has 1 spiro atoms. The number of aromatic hydroxyl groups is 2. The van der Waals surface area contributed by atoms with Gasteiger partial charge in [0, 0.05) is 17.5 Å². The molecule has 0 saturated carbocycles. The average Bonchev–Trinajstić information content (AvgIpc) is 3.26. The Morgan fingerprint density at radius 2 is 1.81 bits per heavy atom. The van der Waals surface area contributed by atoms with Crippen molar-refractivity contribution in [1.82, 2.24) is 0 Å². The Morgan fingerprint density at radius 3 is 2.50 bits per heavy atom. The van der Waals surface area contributed by atoms with Crippen LogP contribution in [0.25, 0.3) is 5.76 Å². The van der Waals surface area contributed by atoms with E-state index < -0.39 is 70.3 Å². The van der Waals surface area contributed by atoms with Crippen LogP contribution in [0.2, 0.25) is 0 Å². The highest BCUT2D eigenvalue weighted by molar-refractivity contribution is 6.23. The maximum atomic E-state index is 14.1. The lowest BCUT2D eigenvalue weighted by atomic mass is 9.62. The lowest BCUT2D eigenvalue weighted by Crippen LogP contribution is -2.58. The molecule has 1 saturated heterocycles. The van der Waals surface area contributed by atoms with Gasteiger partial charge in [-0.25, -0.2) is 4.79 Å². The fourth-order valence-electron chi connectivity index (χ4n) is 7.21. The topological polar surface area (TPSA) is 174 Å². The van der Waals surface area contributed by atoms with Crippen molar-refractivity contribution in [2.75, 3.05) is 7.11 Å². The van der Waals surface area contributed by atoms with Crippen LogP contribution in [-0.2, 0) is 30.3 Å². The quantitative estimate of drug-likeness (QED) is 0.357. The number of esters is 2. The third-order valence-electron chi connectivity index (χ3n) is 9.03. The molecule has 2 aromatic rings. The maximum Gasteiger partial charge on any atom is 0.354 e. The number of phenols is 2. The van der Waals surface area contributed by atoms with E-state index in [1.807, 2.05) is 0 Å². The van der Waals surface area contributed by atoms with Gasteiger partial charge < -0.3 is 29.5 Å². The number of ether oxygens (including phenoxy) is 3. The summed E-state index contributed by atoms with van der Waals surface area (Å²) in [7, 11) is 1.11. The predicted molar refractivity (Wildman–Crippen MR) is 141 cm³/mol. The third-order valence-corrected chi connectivity index (χ3v) is 9.03. The van der Waals surface area contributed by atoms with Crippen molar-refractivity contribution in [2.24, 2.45) is 5.41 Å².